The standard InChI is InChI=1S/C7H14BF3NO/c1-7(2)5-12(3-4-13-7)6-8(9,10)11/h3-6H2,1-2H3/q-1/p+1. The zero-order valence-corrected chi connectivity index (χ0v) is 7.95. The fourth-order valence-electron chi connectivity index (χ4n) is 1.71. The van der Waals surface area contributed by atoms with Gasteiger partial charge in [-0.25, -0.2) is 0 Å². The molecule has 78 valence electrons. The van der Waals surface area contributed by atoms with Gasteiger partial charge in [-0.15, -0.1) is 0 Å². The second-order valence-electron chi connectivity index (χ2n) is 4.20. The molecule has 0 aromatic rings. The summed E-state index contributed by atoms with van der Waals surface area (Å²) < 4.78 is 41.6. The maximum Gasteiger partial charge on any atom is 0.531 e. The summed E-state index contributed by atoms with van der Waals surface area (Å²) in [4.78, 5) is 0.587. The molecule has 1 aliphatic heterocycles. The quantitative estimate of drug-likeness (QED) is 0.618. The maximum absolute atomic E-state index is 12.1. The third-order valence-corrected chi connectivity index (χ3v) is 2.14. The first-order chi connectivity index (χ1) is 5.79. The molecule has 13 heavy (non-hydrogen) atoms. The predicted octanol–water partition coefficient (Wildman–Crippen LogP) is 0.0667. The van der Waals surface area contributed by atoms with Crippen molar-refractivity contribution in [1.82, 2.24) is 0 Å². The molecule has 1 N–H and O–H groups in total. The summed E-state index contributed by atoms with van der Waals surface area (Å²) in [5, 5.41) is 0. The third kappa shape index (κ3) is 4.00. The zero-order chi connectivity index (χ0) is 10.1. The lowest BCUT2D eigenvalue weighted by Crippen LogP contribution is -3.17. The van der Waals surface area contributed by atoms with Crippen molar-refractivity contribution in [1.29, 1.82) is 0 Å². The van der Waals surface area contributed by atoms with Gasteiger partial charge in [0.2, 0.25) is 0 Å². The Labute approximate surface area is 76.1 Å². The molecule has 1 atom stereocenters. The minimum atomic E-state index is -4.67. The average molecular weight is 197 g/mol. The van der Waals surface area contributed by atoms with Crippen LogP contribution in [-0.2, 0) is 4.74 Å². The van der Waals surface area contributed by atoms with Gasteiger partial charge in [0.1, 0.15) is 12.1 Å². The highest BCUT2D eigenvalue weighted by Crippen LogP contribution is 2.09. The minimum absolute atomic E-state index is 0.408. The van der Waals surface area contributed by atoms with Crippen molar-refractivity contribution in [2.24, 2.45) is 0 Å². The molecule has 0 radical (unpaired) electrons. The predicted molar refractivity (Wildman–Crippen MR) is 44.7 cm³/mol. The fourth-order valence-corrected chi connectivity index (χ4v) is 1.71. The smallest absolute Gasteiger partial charge is 0.445 e. The molecule has 0 amide bonds. The van der Waals surface area contributed by atoms with Crippen molar-refractivity contribution in [3.8, 4) is 0 Å². The van der Waals surface area contributed by atoms with E-state index in [9.17, 15) is 12.9 Å². The van der Waals surface area contributed by atoms with Crippen LogP contribution in [-0.4, -0.2) is 38.7 Å². The van der Waals surface area contributed by atoms with Crippen molar-refractivity contribution in [2.75, 3.05) is 26.1 Å². The zero-order valence-electron chi connectivity index (χ0n) is 7.95. The largest absolute Gasteiger partial charge is 0.531 e. The van der Waals surface area contributed by atoms with E-state index in [2.05, 4.69) is 0 Å². The number of morpholine rings is 1. The van der Waals surface area contributed by atoms with Crippen LogP contribution >= 0.6 is 0 Å². The van der Waals surface area contributed by atoms with Crippen LogP contribution in [0.4, 0.5) is 12.9 Å². The van der Waals surface area contributed by atoms with Crippen LogP contribution in [0.15, 0.2) is 0 Å². The van der Waals surface area contributed by atoms with Gasteiger partial charge < -0.3 is 22.6 Å². The number of rotatable bonds is 2. The van der Waals surface area contributed by atoms with Crippen molar-refractivity contribution in [2.45, 2.75) is 19.4 Å². The molecule has 1 aliphatic rings. The van der Waals surface area contributed by atoms with Crippen molar-refractivity contribution in [3.63, 3.8) is 0 Å². The summed E-state index contributed by atoms with van der Waals surface area (Å²) in [6.45, 7) is 0.318. The van der Waals surface area contributed by atoms with E-state index in [0.717, 1.165) is 0 Å². The molecule has 0 aliphatic carbocycles. The molecule has 0 aromatic heterocycles. The molecule has 6 heteroatoms. The van der Waals surface area contributed by atoms with E-state index in [1.807, 2.05) is 13.8 Å². The average Bonchev–Trinajstić information content (AvgIpc) is 1.79. The molecule has 0 aromatic carbocycles. The normalized spacial score (nSPS) is 28.8. The van der Waals surface area contributed by atoms with Gasteiger partial charge in [-0.3, -0.25) is 0 Å². The molecule has 0 bridgehead atoms. The van der Waals surface area contributed by atoms with Crippen LogP contribution in [0.5, 0.6) is 0 Å². The fraction of sp³-hybridized carbons (Fsp3) is 1.00. The van der Waals surface area contributed by atoms with Crippen LogP contribution < -0.4 is 4.90 Å². The van der Waals surface area contributed by atoms with Crippen molar-refractivity contribution in [3.05, 3.63) is 0 Å². The van der Waals surface area contributed by atoms with Crippen molar-refractivity contribution >= 4 is 6.98 Å². The first-order valence-corrected chi connectivity index (χ1v) is 4.47. The Morgan fingerprint density at radius 3 is 2.46 bits per heavy atom. The summed E-state index contributed by atoms with van der Waals surface area (Å²) >= 11 is 0. The Kier molecular flexibility index (Phi) is 2.92. The van der Waals surface area contributed by atoms with Crippen LogP contribution in [0.25, 0.3) is 0 Å². The summed E-state index contributed by atoms with van der Waals surface area (Å²) in [7, 11) is 0. The maximum atomic E-state index is 12.1. The van der Waals surface area contributed by atoms with E-state index in [1.165, 1.54) is 0 Å². The van der Waals surface area contributed by atoms with Gasteiger partial charge in [0, 0.05) is 0 Å². The van der Waals surface area contributed by atoms with Gasteiger partial charge in [0.15, 0.2) is 0 Å². The van der Waals surface area contributed by atoms with Gasteiger partial charge in [-0.05, 0) is 13.8 Å². The van der Waals surface area contributed by atoms with E-state index in [-0.39, 0.29) is 0 Å². The first-order valence-electron chi connectivity index (χ1n) is 4.47. The molecule has 1 unspecified atom stereocenters. The van der Waals surface area contributed by atoms with Crippen molar-refractivity contribution < 1.29 is 22.6 Å². The number of hydrogen-bond donors (Lipinski definition) is 1. The van der Waals surface area contributed by atoms with Gasteiger partial charge in [0.05, 0.1) is 19.6 Å². The highest BCUT2D eigenvalue weighted by Gasteiger charge is 2.36. The Morgan fingerprint density at radius 2 is 2.00 bits per heavy atom. The van der Waals surface area contributed by atoms with Gasteiger partial charge in [-0.1, -0.05) is 0 Å². The number of halogens is 3. The molecule has 1 saturated heterocycles. The Hall–Kier alpha value is -0.225. The topological polar surface area (TPSA) is 13.7 Å². The lowest BCUT2D eigenvalue weighted by Gasteiger charge is -2.37. The summed E-state index contributed by atoms with van der Waals surface area (Å²) in [6.07, 6.45) is -0.688. The number of nitrogens with one attached hydrogen (secondary N) is 1. The SMILES string of the molecule is CC1(C)C[NH+](C[B-](F)(F)F)CCO1. The molecular weight excluding hydrogens is 182 g/mol. The van der Waals surface area contributed by atoms with Gasteiger partial charge >= 0.3 is 6.98 Å². The first kappa shape index (κ1) is 10.9. The summed E-state index contributed by atoms with van der Waals surface area (Å²) in [6, 6.07) is 0. The Morgan fingerprint density at radius 1 is 1.38 bits per heavy atom. The van der Waals surface area contributed by atoms with E-state index in [0.29, 0.717) is 24.6 Å². The Bertz CT molecular complexity index is 181. The van der Waals surface area contributed by atoms with E-state index < -0.39 is 19.0 Å². The summed E-state index contributed by atoms with van der Waals surface area (Å²) in [5.41, 5.74) is -0.408. The van der Waals surface area contributed by atoms with Crippen LogP contribution in [0.3, 0.4) is 0 Å². The van der Waals surface area contributed by atoms with E-state index >= 15 is 0 Å². The van der Waals surface area contributed by atoms with Gasteiger partial charge in [-0.2, -0.15) is 0 Å². The molecule has 1 rings (SSSR count). The molecule has 2 nitrogen and oxygen atoms in total. The molecular formula is C7H15BF3NO. The third-order valence-electron chi connectivity index (χ3n) is 2.14. The van der Waals surface area contributed by atoms with Crippen LogP contribution in [0.2, 0.25) is 0 Å². The van der Waals surface area contributed by atoms with E-state index in [1.54, 1.807) is 0 Å². The molecule has 0 spiro atoms. The minimum Gasteiger partial charge on any atom is -0.445 e. The van der Waals surface area contributed by atoms with Crippen LogP contribution in [0, 0.1) is 0 Å². The molecule has 0 saturated carbocycles. The lowest BCUT2D eigenvalue weighted by atomic mass is 9.90. The second kappa shape index (κ2) is 3.50. The molecule has 1 fully saturated rings. The van der Waals surface area contributed by atoms with Crippen LogP contribution in [0.1, 0.15) is 13.8 Å². The number of ether oxygens (including phenoxy) is 1. The van der Waals surface area contributed by atoms with Gasteiger partial charge in [0.25, 0.3) is 0 Å². The number of hydrogen-bond acceptors (Lipinski definition) is 1. The summed E-state index contributed by atoms with van der Waals surface area (Å²) in [5.74, 6) is 0. The Balaban J connectivity index is 2.44. The highest BCUT2D eigenvalue weighted by atomic mass is 19.4. The lowest BCUT2D eigenvalue weighted by molar-refractivity contribution is -0.907. The molecule has 1 heterocycles. The number of quaternary nitrogens is 1. The monoisotopic (exact) mass is 197 g/mol. The highest BCUT2D eigenvalue weighted by molar-refractivity contribution is 6.58. The second-order valence-corrected chi connectivity index (χ2v) is 4.20. The van der Waals surface area contributed by atoms with E-state index in [4.69, 9.17) is 4.74 Å².